The molecule has 0 bridgehead atoms. The standard InChI is InChI=1S/C9H8IN3/c1-7-4-11-3-2-9(7)13-6-8(10)5-12-13/h2-6H,1H3. The van der Waals surface area contributed by atoms with Crippen LogP contribution in [0.2, 0.25) is 0 Å². The van der Waals surface area contributed by atoms with Crippen molar-refractivity contribution in [2.24, 2.45) is 0 Å². The smallest absolute Gasteiger partial charge is 0.0705 e. The van der Waals surface area contributed by atoms with E-state index in [0.29, 0.717) is 0 Å². The predicted molar refractivity (Wildman–Crippen MR) is 58.8 cm³/mol. The fraction of sp³-hybridized carbons (Fsp3) is 0.111. The van der Waals surface area contributed by atoms with Crippen LogP contribution in [-0.4, -0.2) is 14.8 Å². The van der Waals surface area contributed by atoms with E-state index in [1.54, 1.807) is 6.20 Å². The van der Waals surface area contributed by atoms with E-state index in [1.165, 1.54) is 0 Å². The minimum atomic E-state index is 1.08. The summed E-state index contributed by atoms with van der Waals surface area (Å²) in [6.45, 7) is 2.02. The van der Waals surface area contributed by atoms with Gasteiger partial charge in [-0.05, 0) is 41.1 Å². The van der Waals surface area contributed by atoms with Crippen LogP contribution in [0.15, 0.2) is 30.9 Å². The molecule has 0 aliphatic carbocycles. The Morgan fingerprint density at radius 3 is 2.85 bits per heavy atom. The Hall–Kier alpha value is -0.910. The summed E-state index contributed by atoms with van der Waals surface area (Å²) in [5, 5.41) is 4.23. The van der Waals surface area contributed by atoms with Gasteiger partial charge in [0.1, 0.15) is 0 Å². The third kappa shape index (κ3) is 1.72. The molecule has 3 nitrogen and oxygen atoms in total. The van der Waals surface area contributed by atoms with E-state index in [4.69, 9.17) is 0 Å². The van der Waals surface area contributed by atoms with Gasteiger partial charge in [0.25, 0.3) is 0 Å². The molecular formula is C9H8IN3. The molecule has 0 N–H and O–H groups in total. The minimum absolute atomic E-state index is 1.08. The average Bonchev–Trinajstić information content (AvgIpc) is 2.53. The molecular weight excluding hydrogens is 277 g/mol. The molecule has 0 saturated carbocycles. The van der Waals surface area contributed by atoms with Gasteiger partial charge in [-0.1, -0.05) is 0 Å². The summed E-state index contributed by atoms with van der Waals surface area (Å²) in [5.41, 5.74) is 2.21. The van der Waals surface area contributed by atoms with Crippen LogP contribution >= 0.6 is 22.6 Å². The lowest BCUT2D eigenvalue weighted by atomic mass is 10.3. The van der Waals surface area contributed by atoms with Crippen LogP contribution in [0, 0.1) is 10.5 Å². The first-order chi connectivity index (χ1) is 6.27. The molecule has 2 rings (SSSR count). The molecule has 13 heavy (non-hydrogen) atoms. The van der Waals surface area contributed by atoms with Crippen LogP contribution in [-0.2, 0) is 0 Å². The van der Waals surface area contributed by atoms with E-state index in [0.717, 1.165) is 14.8 Å². The Morgan fingerprint density at radius 1 is 1.38 bits per heavy atom. The Bertz CT molecular complexity index is 422. The highest BCUT2D eigenvalue weighted by atomic mass is 127. The molecule has 66 valence electrons. The highest BCUT2D eigenvalue weighted by molar-refractivity contribution is 14.1. The van der Waals surface area contributed by atoms with Crippen LogP contribution < -0.4 is 0 Å². The summed E-state index contributed by atoms with van der Waals surface area (Å²) < 4.78 is 2.99. The van der Waals surface area contributed by atoms with Crippen LogP contribution in [0.4, 0.5) is 0 Å². The van der Waals surface area contributed by atoms with Crippen molar-refractivity contribution in [3.05, 3.63) is 40.0 Å². The van der Waals surface area contributed by atoms with Gasteiger partial charge in [0.05, 0.1) is 15.5 Å². The van der Waals surface area contributed by atoms with Gasteiger partial charge in [0.2, 0.25) is 0 Å². The fourth-order valence-electron chi connectivity index (χ4n) is 1.16. The van der Waals surface area contributed by atoms with Crippen LogP contribution in [0.25, 0.3) is 5.69 Å². The van der Waals surface area contributed by atoms with Gasteiger partial charge in [-0.15, -0.1) is 0 Å². The number of nitrogens with zero attached hydrogens (tertiary/aromatic N) is 3. The number of rotatable bonds is 1. The Morgan fingerprint density at radius 2 is 2.23 bits per heavy atom. The summed E-state index contributed by atoms with van der Waals surface area (Å²) in [7, 11) is 0. The third-order valence-corrected chi connectivity index (χ3v) is 2.35. The van der Waals surface area contributed by atoms with Crippen LogP contribution in [0.1, 0.15) is 5.56 Å². The first-order valence-corrected chi connectivity index (χ1v) is 4.96. The maximum atomic E-state index is 4.23. The first-order valence-electron chi connectivity index (χ1n) is 3.88. The molecule has 2 aromatic heterocycles. The Labute approximate surface area is 89.9 Å². The molecule has 4 heteroatoms. The zero-order valence-electron chi connectivity index (χ0n) is 7.11. The van der Waals surface area contributed by atoms with Crippen molar-refractivity contribution in [3.63, 3.8) is 0 Å². The number of pyridine rings is 1. The normalized spacial score (nSPS) is 10.3. The van der Waals surface area contributed by atoms with Gasteiger partial charge in [-0.3, -0.25) is 4.98 Å². The lowest BCUT2D eigenvalue weighted by Gasteiger charge is -2.03. The average molecular weight is 285 g/mol. The van der Waals surface area contributed by atoms with Crippen molar-refractivity contribution in [1.29, 1.82) is 0 Å². The molecule has 0 amide bonds. The lowest BCUT2D eigenvalue weighted by molar-refractivity contribution is 0.869. The number of halogens is 1. The second-order valence-electron chi connectivity index (χ2n) is 2.77. The second-order valence-corrected chi connectivity index (χ2v) is 4.01. The van der Waals surface area contributed by atoms with E-state index in [2.05, 4.69) is 32.7 Å². The molecule has 0 radical (unpaired) electrons. The van der Waals surface area contributed by atoms with Crippen molar-refractivity contribution in [2.75, 3.05) is 0 Å². The van der Waals surface area contributed by atoms with Crippen molar-refractivity contribution in [2.45, 2.75) is 6.92 Å². The molecule has 0 aromatic carbocycles. The van der Waals surface area contributed by atoms with Crippen LogP contribution in [0.5, 0.6) is 0 Å². The van der Waals surface area contributed by atoms with E-state index in [1.807, 2.05) is 36.3 Å². The van der Waals surface area contributed by atoms with Gasteiger partial charge >= 0.3 is 0 Å². The monoisotopic (exact) mass is 285 g/mol. The lowest BCUT2D eigenvalue weighted by Crippen LogP contribution is -1.97. The third-order valence-electron chi connectivity index (χ3n) is 1.79. The van der Waals surface area contributed by atoms with Crippen molar-refractivity contribution in [1.82, 2.24) is 14.8 Å². The number of hydrogen-bond acceptors (Lipinski definition) is 2. The van der Waals surface area contributed by atoms with Gasteiger partial charge in [-0.2, -0.15) is 5.10 Å². The Balaban J connectivity index is 2.52. The molecule has 0 saturated heterocycles. The minimum Gasteiger partial charge on any atom is -0.264 e. The van der Waals surface area contributed by atoms with E-state index >= 15 is 0 Å². The Kier molecular flexibility index (Phi) is 2.30. The molecule has 0 aliphatic heterocycles. The summed E-state index contributed by atoms with van der Waals surface area (Å²) in [4.78, 5) is 4.03. The number of aromatic nitrogens is 3. The first kappa shape index (κ1) is 8.68. The van der Waals surface area contributed by atoms with Gasteiger partial charge in [0.15, 0.2) is 0 Å². The van der Waals surface area contributed by atoms with Gasteiger partial charge in [-0.25, -0.2) is 4.68 Å². The molecule has 0 atom stereocenters. The van der Waals surface area contributed by atoms with E-state index < -0.39 is 0 Å². The van der Waals surface area contributed by atoms with Crippen molar-refractivity contribution < 1.29 is 0 Å². The second kappa shape index (κ2) is 3.45. The summed E-state index contributed by atoms with van der Waals surface area (Å²) in [6.07, 6.45) is 7.43. The topological polar surface area (TPSA) is 30.7 Å². The number of aryl methyl sites for hydroxylation is 1. The maximum Gasteiger partial charge on any atom is 0.0705 e. The quantitative estimate of drug-likeness (QED) is 0.752. The van der Waals surface area contributed by atoms with Crippen molar-refractivity contribution in [3.8, 4) is 5.69 Å². The molecule has 0 unspecified atom stereocenters. The van der Waals surface area contributed by atoms with E-state index in [9.17, 15) is 0 Å². The highest BCUT2D eigenvalue weighted by Gasteiger charge is 2.00. The molecule has 2 aromatic rings. The fourth-order valence-corrected chi connectivity index (χ4v) is 1.54. The van der Waals surface area contributed by atoms with Gasteiger partial charge < -0.3 is 0 Å². The summed E-state index contributed by atoms with van der Waals surface area (Å²) in [5.74, 6) is 0. The largest absolute Gasteiger partial charge is 0.264 e. The number of hydrogen-bond donors (Lipinski definition) is 0. The van der Waals surface area contributed by atoms with Gasteiger partial charge in [0, 0.05) is 18.6 Å². The predicted octanol–water partition coefficient (Wildman–Crippen LogP) is 2.18. The molecule has 0 aliphatic rings. The summed E-state index contributed by atoms with van der Waals surface area (Å²) in [6, 6.07) is 1.96. The highest BCUT2D eigenvalue weighted by Crippen LogP contribution is 2.12. The zero-order chi connectivity index (χ0) is 9.26. The van der Waals surface area contributed by atoms with Crippen molar-refractivity contribution >= 4 is 22.6 Å². The molecule has 0 spiro atoms. The SMILES string of the molecule is Cc1cnccc1-n1cc(I)cn1. The summed E-state index contributed by atoms with van der Waals surface area (Å²) >= 11 is 2.24. The van der Waals surface area contributed by atoms with Crippen LogP contribution in [0.3, 0.4) is 0 Å². The maximum absolute atomic E-state index is 4.23. The molecule has 0 fully saturated rings. The zero-order valence-corrected chi connectivity index (χ0v) is 9.26. The molecule has 2 heterocycles. The van der Waals surface area contributed by atoms with E-state index in [-0.39, 0.29) is 0 Å².